The Morgan fingerprint density at radius 2 is 1.58 bits per heavy atom. The van der Waals surface area contributed by atoms with Crippen LogP contribution < -0.4 is 20.4 Å². The van der Waals surface area contributed by atoms with Gasteiger partial charge in [0.25, 0.3) is 5.91 Å². The van der Waals surface area contributed by atoms with E-state index in [1.54, 1.807) is 25.7 Å². The van der Waals surface area contributed by atoms with Gasteiger partial charge in [0, 0.05) is 61.0 Å². The van der Waals surface area contributed by atoms with Crippen LogP contribution in [0.25, 0.3) is 33.3 Å². The number of hydrazine groups is 1. The standard InChI is InChI=1S/C59H69N7O8/c1-38(2)52-47(32-44(34-60-52)64-23-25-65(26-24-64)57(70)72-36-40-17-12-9-13-18-40)53-48-33-59(6,7)37-73-55(68)50-19-14-22-66(63-50)54(67)51(62-56(69)74-58(3,4)5)29-41-27-43(42-20-21-49(61-53)46(48)31-42)30-45(28-41)71-35-39-15-10-8-11-16-39/h8-13,15-18,20-21,27-28,30-32,34,38,50-51,61,63H,14,19,22-26,29,33,35-37H2,1-7H3,(H,62,69)/t50-,51-/m0/s1. The van der Waals surface area contributed by atoms with Crippen LogP contribution in [0.2, 0.25) is 0 Å². The van der Waals surface area contributed by atoms with Crippen LogP contribution in [0.5, 0.6) is 5.75 Å². The number of rotatable bonds is 9. The molecule has 9 rings (SSSR count). The van der Waals surface area contributed by atoms with Crippen molar-refractivity contribution in [1.29, 1.82) is 0 Å². The summed E-state index contributed by atoms with van der Waals surface area (Å²) < 4.78 is 24.0. The summed E-state index contributed by atoms with van der Waals surface area (Å²) in [4.78, 5) is 68.2. The largest absolute Gasteiger partial charge is 0.489 e. The van der Waals surface area contributed by atoms with Crippen molar-refractivity contribution >= 4 is 40.7 Å². The van der Waals surface area contributed by atoms with Crippen LogP contribution in [0.15, 0.2) is 109 Å². The Bertz CT molecular complexity index is 2980. The quantitative estimate of drug-likeness (QED) is 0.0932. The molecule has 2 saturated heterocycles. The van der Waals surface area contributed by atoms with Crippen LogP contribution in [0.3, 0.4) is 0 Å². The topological polar surface area (TPSA) is 168 Å². The molecule has 0 spiro atoms. The molecule has 2 fully saturated rings. The molecule has 2 atom stereocenters. The van der Waals surface area contributed by atoms with Crippen molar-refractivity contribution in [3.8, 4) is 28.1 Å². The molecule has 3 amide bonds. The molecule has 0 aliphatic carbocycles. The number of esters is 1. The number of cyclic esters (lactones) is 1. The highest BCUT2D eigenvalue weighted by Crippen LogP contribution is 2.41. The van der Waals surface area contributed by atoms with E-state index in [-0.39, 0.29) is 31.6 Å². The predicted molar refractivity (Wildman–Crippen MR) is 285 cm³/mol. The summed E-state index contributed by atoms with van der Waals surface area (Å²) in [6.45, 7) is 17.0. The first kappa shape index (κ1) is 51.5. The molecule has 2 aromatic heterocycles. The summed E-state index contributed by atoms with van der Waals surface area (Å²) in [6, 6.07) is 32.4. The average molecular weight is 1000 g/mol. The minimum Gasteiger partial charge on any atom is -0.489 e. The van der Waals surface area contributed by atoms with Gasteiger partial charge < -0.3 is 39.0 Å². The number of carbonyl (C=O) groups excluding carboxylic acids is 4. The van der Waals surface area contributed by atoms with Gasteiger partial charge in [-0.3, -0.25) is 19.6 Å². The molecular weight excluding hydrogens is 935 g/mol. The highest BCUT2D eigenvalue weighted by atomic mass is 16.6. The Kier molecular flexibility index (Phi) is 15.3. The maximum absolute atomic E-state index is 14.6. The van der Waals surface area contributed by atoms with Gasteiger partial charge in [-0.2, -0.15) is 0 Å². The molecule has 15 nitrogen and oxygen atoms in total. The lowest BCUT2D eigenvalue weighted by Crippen LogP contribution is -2.60. The molecular formula is C59H69N7O8. The van der Waals surface area contributed by atoms with E-state index in [1.807, 2.05) is 85.1 Å². The van der Waals surface area contributed by atoms with Gasteiger partial charge >= 0.3 is 18.2 Å². The van der Waals surface area contributed by atoms with Gasteiger partial charge in [0.1, 0.15) is 36.6 Å². The SMILES string of the molecule is CC(C)c1ncc(N2CCN(C(=O)OCc3ccccc3)CC2)cc1-c1[nH]c2ccc3cc2c1CC(C)(C)COC(=O)[C@@H]1CCCN(N1)C(=O)[C@@H](NC(=O)OC(C)(C)C)Cc1cc(OCc2ccccc2)cc-3c1. The van der Waals surface area contributed by atoms with E-state index in [4.69, 9.17) is 23.9 Å². The number of aromatic amines is 1. The number of piperazine rings is 1. The molecule has 3 aliphatic heterocycles. The van der Waals surface area contributed by atoms with Crippen molar-refractivity contribution in [2.45, 2.75) is 111 Å². The molecule has 388 valence electrons. The normalized spacial score (nSPS) is 18.4. The number of ether oxygens (including phenoxy) is 4. The zero-order valence-corrected chi connectivity index (χ0v) is 43.7. The molecule has 3 N–H and O–H groups in total. The molecule has 0 radical (unpaired) electrons. The number of amides is 3. The number of aromatic nitrogens is 2. The van der Waals surface area contributed by atoms with Crippen LogP contribution >= 0.6 is 0 Å². The lowest BCUT2D eigenvalue weighted by atomic mass is 9.83. The van der Waals surface area contributed by atoms with Gasteiger partial charge in [0.05, 0.1) is 29.9 Å². The first-order valence-electron chi connectivity index (χ1n) is 25.9. The predicted octanol–water partition coefficient (Wildman–Crippen LogP) is 10.1. The third-order valence-corrected chi connectivity index (χ3v) is 13.7. The summed E-state index contributed by atoms with van der Waals surface area (Å²) >= 11 is 0. The highest BCUT2D eigenvalue weighted by molar-refractivity contribution is 5.95. The monoisotopic (exact) mass is 1000 g/mol. The van der Waals surface area contributed by atoms with Gasteiger partial charge in [-0.15, -0.1) is 0 Å². The highest BCUT2D eigenvalue weighted by Gasteiger charge is 2.36. The molecule has 5 heterocycles. The number of anilines is 1. The fourth-order valence-corrected chi connectivity index (χ4v) is 9.95. The molecule has 6 aromatic rings. The van der Waals surface area contributed by atoms with Gasteiger partial charge in [0.15, 0.2) is 0 Å². The van der Waals surface area contributed by atoms with Gasteiger partial charge in [-0.1, -0.05) is 100 Å². The van der Waals surface area contributed by atoms with E-state index in [0.29, 0.717) is 64.3 Å². The number of nitrogens with zero attached hydrogens (tertiary/aromatic N) is 4. The summed E-state index contributed by atoms with van der Waals surface area (Å²) in [5, 5.41) is 5.30. The van der Waals surface area contributed by atoms with Gasteiger partial charge in [-0.05, 0) is 110 Å². The zero-order valence-electron chi connectivity index (χ0n) is 43.7. The van der Waals surface area contributed by atoms with Crippen LogP contribution in [0, 0.1) is 5.41 Å². The number of pyridine rings is 1. The Labute approximate surface area is 433 Å². The van der Waals surface area contributed by atoms with E-state index in [1.165, 1.54) is 5.01 Å². The minimum absolute atomic E-state index is 0.0813. The summed E-state index contributed by atoms with van der Waals surface area (Å²) in [6.07, 6.45) is 2.55. The molecule has 0 unspecified atom stereocenters. The number of benzene rings is 4. The second-order valence-corrected chi connectivity index (χ2v) is 21.8. The number of hydrogen-bond donors (Lipinski definition) is 3. The van der Waals surface area contributed by atoms with E-state index in [0.717, 1.165) is 66.9 Å². The molecule has 15 heteroatoms. The Morgan fingerprint density at radius 3 is 2.28 bits per heavy atom. The molecule has 6 bridgehead atoms. The maximum atomic E-state index is 14.6. The van der Waals surface area contributed by atoms with Crippen LogP contribution in [-0.4, -0.2) is 101 Å². The first-order chi connectivity index (χ1) is 35.4. The fourth-order valence-electron chi connectivity index (χ4n) is 9.95. The summed E-state index contributed by atoms with van der Waals surface area (Å²) in [5.41, 5.74) is 12.1. The van der Waals surface area contributed by atoms with Crippen molar-refractivity contribution in [1.82, 2.24) is 30.6 Å². The second kappa shape index (κ2) is 22.0. The van der Waals surface area contributed by atoms with E-state index in [9.17, 15) is 19.2 Å². The smallest absolute Gasteiger partial charge is 0.410 e. The number of fused-ring (bicyclic) bond motifs is 6. The van der Waals surface area contributed by atoms with Crippen molar-refractivity contribution in [2.24, 2.45) is 5.41 Å². The summed E-state index contributed by atoms with van der Waals surface area (Å²) in [5.74, 6) is -0.175. The Balaban J connectivity index is 1.11. The van der Waals surface area contributed by atoms with E-state index < -0.39 is 41.1 Å². The Morgan fingerprint density at radius 1 is 0.865 bits per heavy atom. The van der Waals surface area contributed by atoms with Crippen molar-refractivity contribution in [2.75, 3.05) is 44.2 Å². The maximum Gasteiger partial charge on any atom is 0.410 e. The van der Waals surface area contributed by atoms with Gasteiger partial charge in [-0.25, -0.2) is 15.0 Å². The van der Waals surface area contributed by atoms with Crippen molar-refractivity contribution < 1.29 is 38.1 Å². The van der Waals surface area contributed by atoms with Crippen LogP contribution in [0.1, 0.15) is 95.2 Å². The Hall–Kier alpha value is -7.39. The molecule has 4 aromatic carbocycles. The van der Waals surface area contributed by atoms with Crippen LogP contribution in [-0.2, 0) is 49.9 Å². The third kappa shape index (κ3) is 12.5. The van der Waals surface area contributed by atoms with E-state index in [2.05, 4.69) is 72.6 Å². The number of carbonyl (C=O) groups is 4. The number of hydrogen-bond acceptors (Lipinski definition) is 11. The number of H-pyrrole nitrogens is 1. The first-order valence-corrected chi connectivity index (χ1v) is 25.9. The number of alkyl carbamates (subject to hydrolysis) is 1. The fraction of sp³-hybridized carbons (Fsp3) is 0.407. The van der Waals surface area contributed by atoms with Gasteiger partial charge in [0.2, 0.25) is 0 Å². The summed E-state index contributed by atoms with van der Waals surface area (Å²) in [7, 11) is 0. The van der Waals surface area contributed by atoms with Crippen molar-refractivity contribution in [3.05, 3.63) is 137 Å². The van der Waals surface area contributed by atoms with E-state index >= 15 is 0 Å². The molecule has 3 aliphatic rings. The zero-order chi connectivity index (χ0) is 52.1. The van der Waals surface area contributed by atoms with Crippen molar-refractivity contribution in [3.63, 3.8) is 0 Å². The third-order valence-electron chi connectivity index (χ3n) is 13.7. The molecule has 0 saturated carbocycles. The molecule has 74 heavy (non-hydrogen) atoms. The van der Waals surface area contributed by atoms with Crippen LogP contribution in [0.4, 0.5) is 15.3 Å². The lowest BCUT2D eigenvalue weighted by Gasteiger charge is -2.36. The second-order valence-electron chi connectivity index (χ2n) is 21.8. The number of nitrogens with one attached hydrogen (secondary N) is 3. The average Bonchev–Trinajstić information content (AvgIpc) is 3.75. The lowest BCUT2D eigenvalue weighted by molar-refractivity contribution is -0.155. The minimum atomic E-state index is -1.06.